The molecule has 0 bridgehead atoms. The van der Waals surface area contributed by atoms with E-state index in [0.717, 1.165) is 51.3 Å². The van der Waals surface area contributed by atoms with E-state index in [1.165, 1.54) is 0 Å². The molecule has 2 aliphatic heterocycles. The fourth-order valence-electron chi connectivity index (χ4n) is 3.44. The quantitative estimate of drug-likeness (QED) is 0.561. The summed E-state index contributed by atoms with van der Waals surface area (Å²) in [5.74, 6) is 0.466. The smallest absolute Gasteiger partial charge is 0.276 e. The van der Waals surface area contributed by atoms with Crippen LogP contribution in [0.4, 0.5) is 5.82 Å². The Morgan fingerprint density at radius 3 is 2.75 bits per heavy atom. The largest absolute Gasteiger partial charge is 0.394 e. The summed E-state index contributed by atoms with van der Waals surface area (Å²) in [6.07, 6.45) is 3.25. The number of pyridine rings is 1. The van der Waals surface area contributed by atoms with Gasteiger partial charge in [-0.25, -0.2) is 15.3 Å². The molecule has 3 atom stereocenters. The average molecular weight is 394 g/mol. The van der Waals surface area contributed by atoms with E-state index in [2.05, 4.69) is 20.3 Å². The number of hydrogen-bond donors (Lipinski definition) is 3. The highest BCUT2D eigenvalue weighted by Gasteiger charge is 2.26. The fraction of sp³-hybridized carbons (Fsp3) is 0.684. The topological polar surface area (TPSA) is 107 Å². The number of ether oxygens (including phenoxy) is 1. The first-order valence-corrected chi connectivity index (χ1v) is 9.90. The molecule has 3 N–H and O–H groups in total. The van der Waals surface area contributed by atoms with Gasteiger partial charge < -0.3 is 19.8 Å². The molecule has 9 nitrogen and oxygen atoms in total. The predicted molar refractivity (Wildman–Crippen MR) is 103 cm³/mol. The number of anilines is 1. The zero-order valence-corrected chi connectivity index (χ0v) is 16.3. The van der Waals surface area contributed by atoms with Crippen LogP contribution >= 0.6 is 0 Å². The highest BCUT2D eigenvalue weighted by molar-refractivity contribution is 5.93. The summed E-state index contributed by atoms with van der Waals surface area (Å²) in [5.41, 5.74) is 2.86. The molecule has 2 fully saturated rings. The highest BCUT2D eigenvalue weighted by Crippen LogP contribution is 2.17. The van der Waals surface area contributed by atoms with Gasteiger partial charge in [0.25, 0.3) is 5.91 Å². The maximum atomic E-state index is 12.2. The fourth-order valence-corrected chi connectivity index (χ4v) is 3.44. The van der Waals surface area contributed by atoms with Crippen LogP contribution < -0.4 is 10.4 Å². The first-order chi connectivity index (χ1) is 13.6. The van der Waals surface area contributed by atoms with Crippen molar-refractivity contribution in [3.63, 3.8) is 0 Å². The molecule has 3 rings (SSSR count). The Hall–Kier alpha value is -1.78. The molecule has 0 spiro atoms. The Bertz CT molecular complexity index is 615. The van der Waals surface area contributed by atoms with Crippen LogP contribution in [0.1, 0.15) is 36.5 Å². The summed E-state index contributed by atoms with van der Waals surface area (Å²) in [7, 11) is 0. The summed E-state index contributed by atoms with van der Waals surface area (Å²) in [5, 5.41) is 18.9. The van der Waals surface area contributed by atoms with E-state index >= 15 is 0 Å². The van der Waals surface area contributed by atoms with Crippen LogP contribution in [0.25, 0.3) is 0 Å². The van der Waals surface area contributed by atoms with Crippen LogP contribution in [0.15, 0.2) is 18.3 Å². The van der Waals surface area contributed by atoms with Gasteiger partial charge in [0.05, 0.1) is 18.3 Å². The predicted octanol–water partition coefficient (Wildman–Crippen LogP) is 0.133. The van der Waals surface area contributed by atoms with Crippen LogP contribution in [0.2, 0.25) is 0 Å². The number of aromatic nitrogens is 1. The van der Waals surface area contributed by atoms with Gasteiger partial charge in [0.15, 0.2) is 6.29 Å². The van der Waals surface area contributed by atoms with Crippen LogP contribution in [0.5, 0.6) is 0 Å². The third kappa shape index (κ3) is 5.39. The maximum absolute atomic E-state index is 12.2. The number of piperazine rings is 1. The van der Waals surface area contributed by atoms with E-state index in [-0.39, 0.29) is 24.8 Å². The number of nitrogens with zero attached hydrogens (tertiary/aromatic N) is 3. The zero-order chi connectivity index (χ0) is 19.9. The Morgan fingerprint density at radius 1 is 1.36 bits per heavy atom. The number of hydroxylamine groups is 1. The van der Waals surface area contributed by atoms with Crippen molar-refractivity contribution in [1.82, 2.24) is 15.4 Å². The molecule has 3 heterocycles. The number of rotatable bonds is 7. The minimum atomic E-state index is -0.733. The van der Waals surface area contributed by atoms with Gasteiger partial charge in [-0.05, 0) is 31.9 Å². The summed E-state index contributed by atoms with van der Waals surface area (Å²) in [6.45, 7) is 5.43. The average Bonchev–Trinajstić information content (AvgIpc) is 2.77. The zero-order valence-electron chi connectivity index (χ0n) is 16.3. The minimum absolute atomic E-state index is 0.0840. The van der Waals surface area contributed by atoms with Crippen molar-refractivity contribution >= 4 is 11.7 Å². The van der Waals surface area contributed by atoms with Crippen molar-refractivity contribution in [2.45, 2.75) is 44.6 Å². The van der Waals surface area contributed by atoms with E-state index in [4.69, 9.17) is 14.7 Å². The molecule has 156 valence electrons. The van der Waals surface area contributed by atoms with Crippen molar-refractivity contribution in [2.75, 3.05) is 44.3 Å². The first-order valence-electron chi connectivity index (χ1n) is 9.90. The highest BCUT2D eigenvalue weighted by atomic mass is 16.8. The van der Waals surface area contributed by atoms with Crippen molar-refractivity contribution in [3.05, 3.63) is 23.9 Å². The molecule has 3 unspecified atom stereocenters. The monoisotopic (exact) mass is 394 g/mol. The molecule has 1 aromatic heterocycles. The molecule has 0 saturated carbocycles. The number of aliphatic hydroxyl groups excluding tert-OH is 2. The molecular weight excluding hydrogens is 364 g/mol. The molecule has 0 aromatic carbocycles. The summed E-state index contributed by atoms with van der Waals surface area (Å²) in [6, 6.07) is 3.47. The van der Waals surface area contributed by atoms with Crippen molar-refractivity contribution in [2.24, 2.45) is 0 Å². The minimum Gasteiger partial charge on any atom is -0.394 e. The van der Waals surface area contributed by atoms with Gasteiger partial charge in [-0.3, -0.25) is 9.69 Å². The summed E-state index contributed by atoms with van der Waals surface area (Å²) < 4.78 is 5.42. The van der Waals surface area contributed by atoms with Crippen LogP contribution in [0, 0.1) is 0 Å². The maximum Gasteiger partial charge on any atom is 0.276 e. The number of hydrogen-bond acceptors (Lipinski definition) is 8. The molecule has 1 aromatic rings. The van der Waals surface area contributed by atoms with Gasteiger partial charge >= 0.3 is 0 Å². The number of carbonyl (C=O) groups is 1. The summed E-state index contributed by atoms with van der Waals surface area (Å²) >= 11 is 0. The lowest BCUT2D eigenvalue weighted by Gasteiger charge is -2.39. The van der Waals surface area contributed by atoms with Gasteiger partial charge in [-0.1, -0.05) is 0 Å². The van der Waals surface area contributed by atoms with E-state index in [1.54, 1.807) is 12.3 Å². The lowest BCUT2D eigenvalue weighted by atomic mass is 10.1. The van der Waals surface area contributed by atoms with E-state index < -0.39 is 6.10 Å². The third-order valence-electron chi connectivity index (χ3n) is 5.39. The molecule has 2 saturated heterocycles. The second kappa shape index (κ2) is 10.1. The second-order valence-corrected chi connectivity index (χ2v) is 7.26. The molecule has 9 heteroatoms. The molecule has 0 aliphatic carbocycles. The Labute approximate surface area is 165 Å². The number of nitrogens with one attached hydrogen (secondary N) is 1. The van der Waals surface area contributed by atoms with Gasteiger partial charge in [0.1, 0.15) is 5.82 Å². The normalized spacial score (nSPS) is 23.2. The Morgan fingerprint density at radius 2 is 2.14 bits per heavy atom. The van der Waals surface area contributed by atoms with Gasteiger partial charge in [0, 0.05) is 51.4 Å². The summed E-state index contributed by atoms with van der Waals surface area (Å²) in [4.78, 5) is 26.2. The first kappa shape index (κ1) is 20.9. The Kier molecular flexibility index (Phi) is 7.57. The SMILES string of the molecule is CC(C(O)CO)N1CCN(c2ccc(C(=O)NOC3CCCCO3)cn2)CC1. The molecular formula is C19H30N4O5. The lowest BCUT2D eigenvalue weighted by Crippen LogP contribution is -2.53. The van der Waals surface area contributed by atoms with Crippen LogP contribution in [-0.2, 0) is 9.57 Å². The molecule has 1 amide bonds. The van der Waals surface area contributed by atoms with Crippen molar-refractivity contribution in [1.29, 1.82) is 0 Å². The standard InChI is InChI=1S/C19H30N4O5/c1-14(16(25)13-24)22-7-9-23(10-8-22)17-6-5-15(12-20-17)19(26)21-28-18-4-2-3-11-27-18/h5-6,12,14,16,18,24-25H,2-4,7-11,13H2,1H3,(H,21,26). The molecule has 2 aliphatic rings. The lowest BCUT2D eigenvalue weighted by molar-refractivity contribution is -0.186. The van der Waals surface area contributed by atoms with Crippen molar-refractivity contribution < 1.29 is 24.6 Å². The molecule has 0 radical (unpaired) electrons. The van der Waals surface area contributed by atoms with E-state index in [1.807, 2.05) is 13.0 Å². The van der Waals surface area contributed by atoms with Crippen molar-refractivity contribution in [3.8, 4) is 0 Å². The van der Waals surface area contributed by atoms with Gasteiger partial charge in [-0.15, -0.1) is 0 Å². The van der Waals surface area contributed by atoms with E-state index in [9.17, 15) is 9.90 Å². The Balaban J connectivity index is 1.47. The number of amides is 1. The molecule has 28 heavy (non-hydrogen) atoms. The number of aliphatic hydroxyl groups is 2. The van der Waals surface area contributed by atoms with Crippen LogP contribution in [-0.4, -0.2) is 83.8 Å². The number of carbonyl (C=O) groups excluding carboxylic acids is 1. The third-order valence-corrected chi connectivity index (χ3v) is 5.39. The van der Waals surface area contributed by atoms with Crippen LogP contribution in [0.3, 0.4) is 0 Å². The van der Waals surface area contributed by atoms with Gasteiger partial charge in [0.2, 0.25) is 0 Å². The van der Waals surface area contributed by atoms with E-state index in [0.29, 0.717) is 12.2 Å². The second-order valence-electron chi connectivity index (χ2n) is 7.26. The van der Waals surface area contributed by atoms with Gasteiger partial charge in [-0.2, -0.15) is 0 Å².